The van der Waals surface area contributed by atoms with Gasteiger partial charge in [0.05, 0.1) is 32.5 Å². The van der Waals surface area contributed by atoms with Gasteiger partial charge in [-0.2, -0.15) is 5.10 Å². The highest BCUT2D eigenvalue weighted by atomic mass is 16.5. The first-order chi connectivity index (χ1) is 15.5. The van der Waals surface area contributed by atoms with E-state index < -0.39 is 12.0 Å². The molecule has 3 rings (SSSR count). The van der Waals surface area contributed by atoms with Gasteiger partial charge in [-0.25, -0.2) is 4.79 Å². The lowest BCUT2D eigenvalue weighted by Gasteiger charge is -2.19. The molecule has 3 aromatic rings. The molecule has 0 aliphatic heterocycles. The fourth-order valence-corrected chi connectivity index (χ4v) is 3.32. The minimum atomic E-state index is -1.05. The van der Waals surface area contributed by atoms with E-state index in [2.05, 4.69) is 20.7 Å². The van der Waals surface area contributed by atoms with Crippen LogP contribution in [0.15, 0.2) is 42.7 Å². The number of aromatic carboxylic acids is 1. The Kier molecular flexibility index (Phi) is 7.92. The van der Waals surface area contributed by atoms with Crippen molar-refractivity contribution >= 4 is 11.9 Å². The molecule has 11 heteroatoms. The van der Waals surface area contributed by atoms with Crippen molar-refractivity contribution in [3.05, 3.63) is 59.7 Å². The van der Waals surface area contributed by atoms with Crippen LogP contribution in [-0.2, 0) is 17.9 Å². The van der Waals surface area contributed by atoms with E-state index in [1.165, 1.54) is 16.9 Å². The zero-order valence-electron chi connectivity index (χ0n) is 17.7. The lowest BCUT2D eigenvalue weighted by molar-refractivity contribution is -0.122. The van der Waals surface area contributed by atoms with Gasteiger partial charge in [0.25, 0.3) is 0 Å². The summed E-state index contributed by atoms with van der Waals surface area (Å²) in [7, 11) is 1.55. The van der Waals surface area contributed by atoms with Crippen molar-refractivity contribution in [3.63, 3.8) is 0 Å². The Morgan fingerprint density at radius 1 is 1.22 bits per heavy atom. The highest BCUT2D eigenvalue weighted by Crippen LogP contribution is 2.24. The molecule has 0 aliphatic rings. The van der Waals surface area contributed by atoms with Crippen molar-refractivity contribution in [2.45, 2.75) is 38.4 Å². The number of nitrogens with zero attached hydrogens (tertiary/aromatic N) is 5. The zero-order chi connectivity index (χ0) is 22.9. The maximum absolute atomic E-state index is 12.3. The van der Waals surface area contributed by atoms with Crippen LogP contribution >= 0.6 is 0 Å². The Morgan fingerprint density at radius 3 is 2.78 bits per heavy atom. The van der Waals surface area contributed by atoms with E-state index >= 15 is 0 Å². The van der Waals surface area contributed by atoms with Gasteiger partial charge in [-0.15, -0.1) is 5.10 Å². The number of amides is 1. The number of rotatable bonds is 12. The largest absolute Gasteiger partial charge is 0.496 e. The molecule has 0 aliphatic carbocycles. The van der Waals surface area contributed by atoms with Crippen molar-refractivity contribution in [1.82, 2.24) is 30.1 Å². The fourth-order valence-electron chi connectivity index (χ4n) is 3.32. The number of aromatic nitrogens is 5. The Labute approximate surface area is 184 Å². The van der Waals surface area contributed by atoms with Crippen molar-refractivity contribution in [1.29, 1.82) is 0 Å². The van der Waals surface area contributed by atoms with Gasteiger partial charge < -0.3 is 20.3 Å². The van der Waals surface area contributed by atoms with E-state index in [1.54, 1.807) is 24.1 Å². The quantitative estimate of drug-likeness (QED) is 0.356. The smallest absolute Gasteiger partial charge is 0.354 e. The van der Waals surface area contributed by atoms with Gasteiger partial charge in [-0.05, 0) is 25.0 Å². The molecule has 0 bridgehead atoms. The summed E-state index contributed by atoms with van der Waals surface area (Å²) in [5, 5.41) is 33.7. The van der Waals surface area contributed by atoms with Crippen LogP contribution in [0.2, 0.25) is 0 Å². The van der Waals surface area contributed by atoms with Crippen molar-refractivity contribution in [2.24, 2.45) is 0 Å². The molecule has 11 nitrogen and oxygen atoms in total. The number of para-hydroxylation sites is 1. The molecule has 1 amide bonds. The second kappa shape index (κ2) is 11.0. The first-order valence-electron chi connectivity index (χ1n) is 10.2. The second-order valence-corrected chi connectivity index (χ2v) is 7.15. The molecule has 1 unspecified atom stereocenters. The van der Waals surface area contributed by atoms with Gasteiger partial charge in [-0.1, -0.05) is 23.4 Å². The van der Waals surface area contributed by atoms with Crippen LogP contribution in [0.3, 0.4) is 0 Å². The Morgan fingerprint density at radius 2 is 2.03 bits per heavy atom. The van der Waals surface area contributed by atoms with Gasteiger partial charge in [0, 0.05) is 24.7 Å². The number of aliphatic hydroxyl groups is 1. The molecular weight excluding hydrogens is 416 g/mol. The van der Waals surface area contributed by atoms with Crippen molar-refractivity contribution in [3.8, 4) is 5.75 Å². The van der Waals surface area contributed by atoms with Crippen LogP contribution in [0.1, 0.15) is 47.1 Å². The lowest BCUT2D eigenvalue weighted by Crippen LogP contribution is -2.30. The highest BCUT2D eigenvalue weighted by molar-refractivity contribution is 5.85. The average molecular weight is 442 g/mol. The molecule has 0 fully saturated rings. The molecule has 2 heterocycles. The predicted octanol–water partition coefficient (Wildman–Crippen LogP) is 1.25. The summed E-state index contributed by atoms with van der Waals surface area (Å²) in [6, 6.07) is 8.14. The van der Waals surface area contributed by atoms with E-state index in [1.807, 2.05) is 18.2 Å². The number of carboxylic acids is 1. The number of unbranched alkanes of at least 4 members (excludes halogenated alkanes) is 1. The van der Waals surface area contributed by atoms with Gasteiger partial charge in [-0.3, -0.25) is 14.2 Å². The normalized spacial score (nSPS) is 11.8. The van der Waals surface area contributed by atoms with Crippen molar-refractivity contribution < 1.29 is 24.5 Å². The number of ether oxygens (including phenoxy) is 1. The summed E-state index contributed by atoms with van der Waals surface area (Å²) >= 11 is 0. The number of hydrogen-bond acceptors (Lipinski definition) is 7. The number of methoxy groups -OCH3 is 1. The number of carboxylic acid groups (broad SMARTS) is 1. The number of carbonyl (C=O) groups is 2. The second-order valence-electron chi connectivity index (χ2n) is 7.15. The molecule has 0 radical (unpaired) electrons. The van der Waals surface area contributed by atoms with Gasteiger partial charge >= 0.3 is 5.97 Å². The first-order valence-corrected chi connectivity index (χ1v) is 10.2. The Hall–Kier alpha value is -3.73. The van der Waals surface area contributed by atoms with Crippen LogP contribution in [-0.4, -0.2) is 60.6 Å². The summed E-state index contributed by atoms with van der Waals surface area (Å²) in [5.74, 6) is -0.601. The zero-order valence-corrected chi connectivity index (χ0v) is 17.7. The molecule has 1 aromatic carbocycles. The standard InChI is InChI=1S/C21H26N6O5/c1-32-19-7-3-2-6-16(19)17(14-28)23-20(29)8-4-5-11-26-12-15(24-25-26)13-27-18(21(30)31)9-10-22-27/h2-3,6-7,9-10,12,17,28H,4-5,8,11,13-14H2,1H3,(H,23,29)(H,30,31). The molecule has 170 valence electrons. The predicted molar refractivity (Wildman–Crippen MR) is 113 cm³/mol. The minimum Gasteiger partial charge on any atom is -0.496 e. The van der Waals surface area contributed by atoms with Crippen LogP contribution in [0.4, 0.5) is 0 Å². The summed E-state index contributed by atoms with van der Waals surface area (Å²) in [6.45, 7) is 0.553. The summed E-state index contributed by atoms with van der Waals surface area (Å²) in [4.78, 5) is 23.5. The van der Waals surface area contributed by atoms with E-state index in [0.29, 0.717) is 37.3 Å². The molecule has 0 saturated carbocycles. The Bertz CT molecular complexity index is 1050. The molecule has 1 atom stereocenters. The number of aryl methyl sites for hydroxylation is 1. The minimum absolute atomic E-state index is 0.0832. The molecule has 32 heavy (non-hydrogen) atoms. The number of hydrogen-bond donors (Lipinski definition) is 3. The molecule has 0 spiro atoms. The number of nitrogens with one attached hydrogen (secondary N) is 1. The SMILES string of the molecule is COc1ccccc1C(CO)NC(=O)CCCCn1cc(Cn2nccc2C(=O)O)nn1. The number of benzene rings is 1. The first kappa shape index (κ1) is 22.9. The monoisotopic (exact) mass is 442 g/mol. The third kappa shape index (κ3) is 5.91. The molecular formula is C21H26N6O5. The van der Waals surface area contributed by atoms with Crippen LogP contribution in [0, 0.1) is 0 Å². The fraction of sp³-hybridized carbons (Fsp3) is 0.381. The van der Waals surface area contributed by atoms with Crippen molar-refractivity contribution in [2.75, 3.05) is 13.7 Å². The summed E-state index contributed by atoms with van der Waals surface area (Å²) < 4.78 is 8.30. The molecule has 3 N–H and O–H groups in total. The third-order valence-corrected chi connectivity index (χ3v) is 4.91. The van der Waals surface area contributed by atoms with E-state index in [0.717, 1.165) is 5.56 Å². The van der Waals surface area contributed by atoms with E-state index in [9.17, 15) is 14.7 Å². The number of aliphatic hydroxyl groups excluding tert-OH is 1. The summed E-state index contributed by atoms with van der Waals surface area (Å²) in [5.41, 5.74) is 1.40. The lowest BCUT2D eigenvalue weighted by atomic mass is 10.1. The molecule has 0 saturated heterocycles. The van der Waals surface area contributed by atoms with E-state index in [4.69, 9.17) is 9.84 Å². The average Bonchev–Trinajstić information content (AvgIpc) is 3.45. The van der Waals surface area contributed by atoms with Crippen LogP contribution in [0.25, 0.3) is 0 Å². The molecule has 2 aromatic heterocycles. The topological polar surface area (TPSA) is 144 Å². The van der Waals surface area contributed by atoms with Gasteiger partial charge in [0.1, 0.15) is 17.1 Å². The Balaban J connectivity index is 1.43. The maximum Gasteiger partial charge on any atom is 0.354 e. The summed E-state index contributed by atoms with van der Waals surface area (Å²) in [6.07, 6.45) is 4.80. The van der Waals surface area contributed by atoms with Gasteiger partial charge in [0.15, 0.2) is 0 Å². The van der Waals surface area contributed by atoms with E-state index in [-0.39, 0.29) is 24.8 Å². The van der Waals surface area contributed by atoms with Crippen LogP contribution < -0.4 is 10.1 Å². The highest BCUT2D eigenvalue weighted by Gasteiger charge is 2.17. The number of carbonyl (C=O) groups excluding carboxylic acids is 1. The van der Waals surface area contributed by atoms with Crippen LogP contribution in [0.5, 0.6) is 5.75 Å². The van der Waals surface area contributed by atoms with Gasteiger partial charge in [0.2, 0.25) is 5.91 Å². The maximum atomic E-state index is 12.3. The third-order valence-electron chi connectivity index (χ3n) is 4.91.